The third kappa shape index (κ3) is 2.37. The van der Waals surface area contributed by atoms with E-state index < -0.39 is 0 Å². The molecule has 3 aliphatic rings. The van der Waals surface area contributed by atoms with Crippen molar-refractivity contribution < 1.29 is 5.11 Å². The molecule has 3 unspecified atom stereocenters. The summed E-state index contributed by atoms with van der Waals surface area (Å²) in [5.41, 5.74) is 10.0. The van der Waals surface area contributed by atoms with Gasteiger partial charge in [-0.3, -0.25) is 0 Å². The number of halogens is 1. The Kier molecular flexibility index (Phi) is 4.12. The van der Waals surface area contributed by atoms with E-state index in [2.05, 4.69) is 67.9 Å². The number of aliphatic hydroxyl groups excluding tert-OH is 1. The van der Waals surface area contributed by atoms with Gasteiger partial charge in [-0.1, -0.05) is 62.0 Å². The lowest BCUT2D eigenvalue weighted by Crippen LogP contribution is -2.41. The average molecular weight is 399 g/mol. The molecule has 1 nitrogen and oxygen atoms in total. The molecular weight excluding hydrogens is 372 g/mol. The number of fused-ring (bicyclic) bond motifs is 2. The van der Waals surface area contributed by atoms with Gasteiger partial charge in [-0.25, -0.2) is 0 Å². The summed E-state index contributed by atoms with van der Waals surface area (Å²) < 4.78 is 1.18. The molecule has 25 heavy (non-hydrogen) atoms. The highest BCUT2D eigenvalue weighted by Gasteiger charge is 2.56. The number of allylic oxidation sites excluding steroid dienone is 5. The second-order valence-electron chi connectivity index (χ2n) is 8.36. The van der Waals surface area contributed by atoms with Gasteiger partial charge in [-0.2, -0.15) is 0 Å². The second kappa shape index (κ2) is 5.96. The summed E-state index contributed by atoms with van der Waals surface area (Å²) >= 11 is 3.83. The fourth-order valence-electron chi connectivity index (χ4n) is 5.41. The van der Waals surface area contributed by atoms with E-state index in [1.54, 1.807) is 0 Å². The van der Waals surface area contributed by atoms with Gasteiger partial charge >= 0.3 is 0 Å². The molecule has 3 atom stereocenters. The van der Waals surface area contributed by atoms with Crippen LogP contribution in [-0.4, -0.2) is 11.2 Å². The van der Waals surface area contributed by atoms with Crippen LogP contribution < -0.4 is 0 Å². The van der Waals surface area contributed by atoms with Crippen LogP contribution in [0.1, 0.15) is 58.9 Å². The summed E-state index contributed by atoms with van der Waals surface area (Å²) in [6.45, 7) is 9.03. The first-order chi connectivity index (χ1) is 11.9. The minimum absolute atomic E-state index is 0.0552. The first kappa shape index (κ1) is 17.3. The molecule has 1 aromatic rings. The molecule has 0 bridgehead atoms. The molecule has 0 fully saturated rings. The van der Waals surface area contributed by atoms with Crippen LogP contribution in [0.15, 0.2) is 62.2 Å². The van der Waals surface area contributed by atoms with Crippen molar-refractivity contribution >= 4 is 15.9 Å². The van der Waals surface area contributed by atoms with Crippen molar-refractivity contribution in [2.75, 3.05) is 0 Å². The van der Waals surface area contributed by atoms with Crippen LogP contribution in [-0.2, 0) is 5.41 Å². The Balaban J connectivity index is 1.97. The fourth-order valence-corrected chi connectivity index (χ4v) is 6.05. The zero-order chi connectivity index (χ0) is 17.9. The smallest absolute Gasteiger partial charge is 0.0799 e. The maximum absolute atomic E-state index is 11.3. The molecule has 0 heterocycles. The molecule has 1 aromatic carbocycles. The first-order valence-corrected chi connectivity index (χ1v) is 10.1. The van der Waals surface area contributed by atoms with Crippen molar-refractivity contribution in [3.8, 4) is 0 Å². The highest BCUT2D eigenvalue weighted by atomic mass is 79.9. The molecule has 0 radical (unpaired) electrons. The second-order valence-corrected chi connectivity index (χ2v) is 9.22. The fraction of sp³-hybridized carbons (Fsp3) is 0.478. The molecular formula is C23H27BrO. The molecule has 132 valence electrons. The number of hydrogen-bond donors (Lipinski definition) is 1. The van der Waals surface area contributed by atoms with Crippen LogP contribution >= 0.6 is 15.9 Å². The predicted molar refractivity (Wildman–Crippen MR) is 108 cm³/mol. The van der Waals surface area contributed by atoms with E-state index in [0.717, 1.165) is 25.7 Å². The van der Waals surface area contributed by atoms with Crippen LogP contribution in [0.25, 0.3) is 0 Å². The third-order valence-electron chi connectivity index (χ3n) is 7.08. The van der Waals surface area contributed by atoms with E-state index in [1.807, 2.05) is 0 Å². The monoisotopic (exact) mass is 398 g/mol. The predicted octanol–water partition coefficient (Wildman–Crippen LogP) is 6.23. The van der Waals surface area contributed by atoms with Gasteiger partial charge in [0.1, 0.15) is 0 Å². The van der Waals surface area contributed by atoms with Crippen LogP contribution in [0, 0.1) is 5.92 Å². The first-order valence-electron chi connectivity index (χ1n) is 9.32. The van der Waals surface area contributed by atoms with Gasteiger partial charge in [-0.05, 0) is 70.6 Å². The van der Waals surface area contributed by atoms with E-state index in [-0.39, 0.29) is 17.4 Å². The van der Waals surface area contributed by atoms with Crippen LogP contribution in [0.4, 0.5) is 0 Å². The van der Waals surface area contributed by atoms with Crippen molar-refractivity contribution in [2.45, 2.75) is 64.9 Å². The zero-order valence-corrected chi connectivity index (χ0v) is 17.2. The number of rotatable bonds is 1. The maximum Gasteiger partial charge on any atom is 0.0799 e. The highest BCUT2D eigenvalue weighted by Crippen LogP contribution is 2.62. The summed E-state index contributed by atoms with van der Waals surface area (Å²) in [7, 11) is 0. The number of aliphatic hydroxyl groups is 1. The van der Waals surface area contributed by atoms with E-state index in [9.17, 15) is 5.11 Å². The molecule has 4 rings (SSSR count). The standard InChI is InChI=1S/C23H27BrO/c1-13-9-17-19(10-14(13)2)23(18-7-5-6-8-21(18)24)12-16(4)15(3)11-20(23)22(17)25/h5-8,20,22,25H,9-12H2,1-4H3. The van der Waals surface area contributed by atoms with Crippen molar-refractivity contribution in [1.82, 2.24) is 0 Å². The topological polar surface area (TPSA) is 20.2 Å². The van der Waals surface area contributed by atoms with Crippen LogP contribution in [0.2, 0.25) is 0 Å². The Morgan fingerprint density at radius 1 is 0.960 bits per heavy atom. The summed E-state index contributed by atoms with van der Waals surface area (Å²) in [5.74, 6) is 0.263. The summed E-state index contributed by atoms with van der Waals surface area (Å²) in [6, 6.07) is 8.67. The average Bonchev–Trinajstić information content (AvgIpc) is 2.79. The third-order valence-corrected chi connectivity index (χ3v) is 7.77. The maximum atomic E-state index is 11.3. The molecule has 0 saturated carbocycles. The van der Waals surface area contributed by atoms with E-state index in [4.69, 9.17) is 0 Å². The molecule has 1 N–H and O–H groups in total. The summed E-state index contributed by atoms with van der Waals surface area (Å²) in [5, 5.41) is 11.3. The Hall–Kier alpha value is -1.12. The van der Waals surface area contributed by atoms with Gasteiger partial charge in [0, 0.05) is 15.8 Å². The van der Waals surface area contributed by atoms with E-state index in [0.29, 0.717) is 0 Å². The molecule has 0 aromatic heterocycles. The van der Waals surface area contributed by atoms with Crippen molar-refractivity contribution in [2.24, 2.45) is 5.92 Å². The Morgan fingerprint density at radius 3 is 2.36 bits per heavy atom. The van der Waals surface area contributed by atoms with Gasteiger partial charge < -0.3 is 5.11 Å². The largest absolute Gasteiger partial charge is 0.388 e. The lowest BCUT2D eigenvalue weighted by molar-refractivity contribution is 0.110. The quantitative estimate of drug-likeness (QED) is 0.555. The minimum Gasteiger partial charge on any atom is -0.388 e. The lowest BCUT2D eigenvalue weighted by atomic mass is 9.59. The van der Waals surface area contributed by atoms with E-state index >= 15 is 0 Å². The lowest BCUT2D eigenvalue weighted by Gasteiger charge is -2.45. The van der Waals surface area contributed by atoms with Crippen LogP contribution in [0.3, 0.4) is 0 Å². The van der Waals surface area contributed by atoms with Crippen molar-refractivity contribution in [3.05, 3.63) is 67.7 Å². The Labute approximate surface area is 159 Å². The Bertz CT molecular complexity index is 841. The van der Waals surface area contributed by atoms with Crippen molar-refractivity contribution in [1.29, 1.82) is 0 Å². The molecule has 0 spiro atoms. The van der Waals surface area contributed by atoms with Gasteiger partial charge in [0.05, 0.1) is 6.10 Å². The molecule has 0 amide bonds. The Morgan fingerprint density at radius 2 is 1.64 bits per heavy atom. The zero-order valence-electron chi connectivity index (χ0n) is 15.6. The van der Waals surface area contributed by atoms with Gasteiger partial charge in [0.25, 0.3) is 0 Å². The SMILES string of the molecule is CC1=C(C)CC2=C(C1)C(O)C1CC(C)=C(C)CC21c1ccccc1Br. The summed E-state index contributed by atoms with van der Waals surface area (Å²) in [6.07, 6.45) is 3.69. The number of benzene rings is 1. The molecule has 0 aliphatic heterocycles. The van der Waals surface area contributed by atoms with E-state index in [1.165, 1.54) is 43.5 Å². The van der Waals surface area contributed by atoms with Crippen LogP contribution in [0.5, 0.6) is 0 Å². The van der Waals surface area contributed by atoms with Gasteiger partial charge in [0.15, 0.2) is 0 Å². The molecule has 0 saturated heterocycles. The summed E-state index contributed by atoms with van der Waals surface area (Å²) in [4.78, 5) is 0. The molecule has 3 aliphatic carbocycles. The van der Waals surface area contributed by atoms with Gasteiger partial charge in [-0.15, -0.1) is 0 Å². The highest BCUT2D eigenvalue weighted by molar-refractivity contribution is 9.10. The minimum atomic E-state index is -0.312. The normalized spacial score (nSPS) is 32.2. The van der Waals surface area contributed by atoms with Gasteiger partial charge in [0.2, 0.25) is 0 Å². The molecule has 2 heteroatoms. The number of hydrogen-bond acceptors (Lipinski definition) is 1. The van der Waals surface area contributed by atoms with Crippen molar-refractivity contribution in [3.63, 3.8) is 0 Å².